The fourth-order valence-corrected chi connectivity index (χ4v) is 5.62. The molecule has 2 aromatic heterocycles. The highest BCUT2D eigenvalue weighted by molar-refractivity contribution is 7.90. The molecule has 0 spiro atoms. The lowest BCUT2D eigenvalue weighted by Gasteiger charge is -2.31. The molecule has 1 saturated carbocycles. The van der Waals surface area contributed by atoms with Crippen LogP contribution in [0.25, 0.3) is 22.6 Å². The molecule has 1 aliphatic heterocycles. The van der Waals surface area contributed by atoms with Crippen LogP contribution in [-0.4, -0.2) is 63.8 Å². The van der Waals surface area contributed by atoms with E-state index in [1.807, 2.05) is 6.92 Å². The van der Waals surface area contributed by atoms with Crippen molar-refractivity contribution in [1.82, 2.24) is 25.1 Å². The Labute approximate surface area is 221 Å². The first-order valence-corrected chi connectivity index (χ1v) is 13.9. The van der Waals surface area contributed by atoms with Crippen molar-refractivity contribution in [2.75, 3.05) is 6.26 Å². The minimum Gasteiger partial charge on any atom is -0.430 e. The molecule has 39 heavy (non-hydrogen) atoms. The first-order chi connectivity index (χ1) is 18.2. The fraction of sp³-hybridized carbons (Fsp3) is 0.400. The number of aromatic nitrogens is 4. The molecule has 3 heterocycles. The number of imidazole rings is 1. The smallest absolute Gasteiger partial charge is 0.430 e. The molecule has 1 N–H and O–H groups in total. The monoisotopic (exact) mass is 563 g/mol. The van der Waals surface area contributed by atoms with E-state index in [9.17, 15) is 31.2 Å². The van der Waals surface area contributed by atoms with Crippen molar-refractivity contribution < 1.29 is 35.9 Å². The predicted molar refractivity (Wildman–Crippen MR) is 131 cm³/mol. The van der Waals surface area contributed by atoms with E-state index in [0.717, 1.165) is 35.4 Å². The lowest BCUT2D eigenvalue weighted by atomic mass is 10.0. The van der Waals surface area contributed by atoms with Crippen LogP contribution in [0.2, 0.25) is 0 Å². The maximum absolute atomic E-state index is 13.6. The molecule has 206 valence electrons. The average Bonchev–Trinajstić information content (AvgIpc) is 3.60. The average molecular weight is 564 g/mol. The molecule has 1 unspecified atom stereocenters. The Morgan fingerprint density at radius 2 is 1.87 bits per heavy atom. The van der Waals surface area contributed by atoms with Gasteiger partial charge in [0, 0.05) is 29.1 Å². The minimum absolute atomic E-state index is 0.0105. The second-order valence-corrected chi connectivity index (χ2v) is 11.9. The van der Waals surface area contributed by atoms with E-state index in [-0.39, 0.29) is 27.5 Å². The molecular formula is C25H24F3N5O5S. The van der Waals surface area contributed by atoms with E-state index in [1.165, 1.54) is 18.3 Å². The van der Waals surface area contributed by atoms with Crippen LogP contribution < -0.4 is 0 Å². The maximum Gasteiger partial charge on any atom is 0.491 e. The Balaban J connectivity index is 1.69. The standard InChI is InChI=1S/C25H24F3N5O5S/c1-11-12(2)31-21(30-11)18-8-16(10-29-32-18)15-7-17-20(19(9-15)39(4,36)37)22(34)33(13(3)14-5-6-14)23(17)38-24(35)25(26,27)28/h7-10,13-14,23H,5-6H2,1-4H3,(H,30,31)/t13-,23?/m0/s1. The summed E-state index contributed by atoms with van der Waals surface area (Å²) in [7, 11) is -4.05. The number of H-pyrrole nitrogens is 1. The van der Waals surface area contributed by atoms with Crippen molar-refractivity contribution in [3.05, 3.63) is 46.9 Å². The number of halogens is 3. The van der Waals surface area contributed by atoms with E-state index in [2.05, 4.69) is 20.2 Å². The number of benzene rings is 1. The van der Waals surface area contributed by atoms with Gasteiger partial charge in [0.25, 0.3) is 5.91 Å². The molecule has 0 radical (unpaired) electrons. The lowest BCUT2D eigenvalue weighted by molar-refractivity contribution is -0.212. The quantitative estimate of drug-likeness (QED) is 0.446. The predicted octanol–water partition coefficient (Wildman–Crippen LogP) is 3.91. The zero-order valence-corrected chi connectivity index (χ0v) is 22.1. The lowest BCUT2D eigenvalue weighted by Crippen LogP contribution is -2.41. The normalized spacial score (nSPS) is 18.3. The number of aromatic amines is 1. The number of nitrogens with one attached hydrogen (secondary N) is 1. The molecule has 2 atom stereocenters. The highest BCUT2D eigenvalue weighted by Crippen LogP contribution is 2.46. The van der Waals surface area contributed by atoms with Crippen molar-refractivity contribution in [2.45, 2.75) is 57.0 Å². The van der Waals surface area contributed by atoms with Crippen LogP contribution in [0, 0.1) is 19.8 Å². The van der Waals surface area contributed by atoms with Gasteiger partial charge in [0.2, 0.25) is 6.23 Å². The van der Waals surface area contributed by atoms with Gasteiger partial charge in [-0.2, -0.15) is 18.3 Å². The third-order valence-electron chi connectivity index (χ3n) is 7.05. The molecule has 1 aliphatic carbocycles. The molecule has 1 aromatic carbocycles. The Morgan fingerprint density at radius 1 is 1.18 bits per heavy atom. The SMILES string of the molecule is Cc1nc(-c2cc(-c3cc4c(c(S(C)(=O)=O)c3)C(=O)N([C@@H](C)C3CC3)C4OC(=O)C(F)(F)F)cnn2)[nH]c1C. The molecule has 5 rings (SSSR count). The number of nitrogens with zero attached hydrogens (tertiary/aromatic N) is 4. The summed E-state index contributed by atoms with van der Waals surface area (Å²) < 4.78 is 70.3. The van der Waals surface area contributed by atoms with Crippen molar-refractivity contribution in [2.24, 2.45) is 5.92 Å². The summed E-state index contributed by atoms with van der Waals surface area (Å²) in [6, 6.07) is 3.61. The zero-order valence-electron chi connectivity index (χ0n) is 21.3. The Hall–Kier alpha value is -3.81. The number of amides is 1. The summed E-state index contributed by atoms with van der Waals surface area (Å²) in [5.74, 6) is -2.89. The van der Waals surface area contributed by atoms with Gasteiger partial charge in [-0.05, 0) is 63.3 Å². The zero-order chi connectivity index (χ0) is 28.4. The second-order valence-electron chi connectivity index (χ2n) is 9.88. The van der Waals surface area contributed by atoms with Crippen LogP contribution in [0.1, 0.15) is 53.3 Å². The number of hydrogen-bond donors (Lipinski definition) is 1. The number of sulfone groups is 1. The third kappa shape index (κ3) is 4.88. The van der Waals surface area contributed by atoms with Crippen LogP contribution in [0.15, 0.2) is 29.3 Å². The van der Waals surface area contributed by atoms with Crippen molar-refractivity contribution in [3.8, 4) is 22.6 Å². The number of fused-ring (bicyclic) bond motifs is 1. The summed E-state index contributed by atoms with van der Waals surface area (Å²) in [5, 5.41) is 8.05. The summed E-state index contributed by atoms with van der Waals surface area (Å²) >= 11 is 0. The van der Waals surface area contributed by atoms with Crippen molar-refractivity contribution in [3.63, 3.8) is 0 Å². The van der Waals surface area contributed by atoms with Crippen molar-refractivity contribution >= 4 is 21.7 Å². The van der Waals surface area contributed by atoms with E-state index >= 15 is 0 Å². The van der Waals surface area contributed by atoms with E-state index in [0.29, 0.717) is 17.1 Å². The summed E-state index contributed by atoms with van der Waals surface area (Å²) in [5.41, 5.74) is 2.02. The molecule has 2 aliphatic rings. The number of esters is 1. The molecule has 0 saturated heterocycles. The van der Waals surface area contributed by atoms with Gasteiger partial charge in [-0.1, -0.05) is 0 Å². The number of aryl methyl sites for hydroxylation is 2. The molecule has 10 nitrogen and oxygen atoms in total. The van der Waals surface area contributed by atoms with Crippen LogP contribution in [-0.2, 0) is 19.4 Å². The minimum atomic E-state index is -5.32. The number of carbonyl (C=O) groups is 2. The van der Waals surface area contributed by atoms with Gasteiger partial charge in [0.1, 0.15) is 5.69 Å². The van der Waals surface area contributed by atoms with Crippen LogP contribution in [0.4, 0.5) is 13.2 Å². The summed E-state index contributed by atoms with van der Waals surface area (Å²) in [4.78, 5) is 33.6. The molecule has 1 amide bonds. The fourth-order valence-electron chi connectivity index (χ4n) is 4.71. The van der Waals surface area contributed by atoms with Gasteiger partial charge in [0.15, 0.2) is 15.7 Å². The van der Waals surface area contributed by atoms with Crippen molar-refractivity contribution in [1.29, 1.82) is 0 Å². The number of hydrogen-bond acceptors (Lipinski definition) is 8. The van der Waals surface area contributed by atoms with E-state index in [1.54, 1.807) is 19.9 Å². The van der Waals surface area contributed by atoms with Crippen LogP contribution >= 0.6 is 0 Å². The molecule has 1 fully saturated rings. The van der Waals surface area contributed by atoms with E-state index in [4.69, 9.17) is 4.74 Å². The Kier molecular flexibility index (Phi) is 6.28. The molecule has 3 aromatic rings. The van der Waals surface area contributed by atoms with Gasteiger partial charge >= 0.3 is 12.1 Å². The largest absolute Gasteiger partial charge is 0.491 e. The molecule has 0 bridgehead atoms. The number of rotatable bonds is 6. The second kappa shape index (κ2) is 9.14. The number of ether oxygens (including phenoxy) is 1. The Bertz CT molecular complexity index is 1590. The van der Waals surface area contributed by atoms with E-state index < -0.39 is 40.2 Å². The van der Waals surface area contributed by atoms with Gasteiger partial charge < -0.3 is 9.72 Å². The maximum atomic E-state index is 13.6. The topological polar surface area (TPSA) is 135 Å². The molecular weight excluding hydrogens is 539 g/mol. The van der Waals surface area contributed by atoms with Gasteiger partial charge in [-0.15, -0.1) is 5.10 Å². The van der Waals surface area contributed by atoms with Gasteiger partial charge in [-0.25, -0.2) is 18.2 Å². The first kappa shape index (κ1) is 26.8. The van der Waals surface area contributed by atoms with Crippen LogP contribution in [0.3, 0.4) is 0 Å². The Morgan fingerprint density at radius 3 is 2.44 bits per heavy atom. The van der Waals surface area contributed by atoms with Gasteiger partial charge in [0.05, 0.1) is 22.3 Å². The van der Waals surface area contributed by atoms with Gasteiger partial charge in [-0.3, -0.25) is 9.69 Å². The number of carbonyl (C=O) groups excluding carboxylic acids is 2. The molecule has 14 heteroatoms. The highest BCUT2D eigenvalue weighted by atomic mass is 32.2. The summed E-state index contributed by atoms with van der Waals surface area (Å²) in [6.45, 7) is 5.28. The third-order valence-corrected chi connectivity index (χ3v) is 8.17. The highest BCUT2D eigenvalue weighted by Gasteiger charge is 2.51. The summed E-state index contributed by atoms with van der Waals surface area (Å²) in [6.07, 6.45) is -3.36. The van der Waals surface area contributed by atoms with Crippen LogP contribution in [0.5, 0.6) is 0 Å². The number of alkyl halides is 3. The first-order valence-electron chi connectivity index (χ1n) is 12.0.